The van der Waals surface area contributed by atoms with Crippen LogP contribution in [-0.4, -0.2) is 4.98 Å². The lowest BCUT2D eigenvalue weighted by atomic mass is 10.4. The van der Waals surface area contributed by atoms with Crippen LogP contribution in [0.5, 0.6) is 0 Å². The lowest BCUT2D eigenvalue weighted by Crippen LogP contribution is -1.96. The van der Waals surface area contributed by atoms with Gasteiger partial charge in [0.1, 0.15) is 10.4 Å². The van der Waals surface area contributed by atoms with Gasteiger partial charge in [0.2, 0.25) is 0 Å². The molecule has 0 unspecified atom stereocenters. The number of hydrogen-bond acceptors (Lipinski definition) is 4. The Kier molecular flexibility index (Phi) is 2.65. The Morgan fingerprint density at radius 2 is 2.54 bits per heavy atom. The van der Waals surface area contributed by atoms with Gasteiger partial charge in [-0.3, -0.25) is 0 Å². The van der Waals surface area contributed by atoms with Crippen LogP contribution in [-0.2, 0) is 6.54 Å². The third kappa shape index (κ3) is 2.32. The quantitative estimate of drug-likeness (QED) is 0.920. The number of thiazole rings is 1. The summed E-state index contributed by atoms with van der Waals surface area (Å²) < 4.78 is 6.03. The Hall–Kier alpha value is -0.810. The molecular weight excluding hydrogens is 252 g/mol. The fourth-order valence-electron chi connectivity index (χ4n) is 0.911. The number of nitrogens with zero attached hydrogens (tertiary/aromatic N) is 1. The fourth-order valence-corrected chi connectivity index (χ4v) is 2.05. The number of aromatic nitrogens is 1. The maximum Gasteiger partial charge on any atom is 0.184 e. The molecule has 68 valence electrons. The van der Waals surface area contributed by atoms with E-state index in [0.29, 0.717) is 6.54 Å². The zero-order chi connectivity index (χ0) is 9.10. The molecule has 2 rings (SSSR count). The van der Waals surface area contributed by atoms with Crippen LogP contribution in [0, 0.1) is 0 Å². The van der Waals surface area contributed by atoms with Gasteiger partial charge in [-0.1, -0.05) is 0 Å². The van der Waals surface area contributed by atoms with Crippen LogP contribution < -0.4 is 5.32 Å². The van der Waals surface area contributed by atoms with E-state index in [2.05, 4.69) is 26.2 Å². The Bertz CT molecular complexity index is 371. The fraction of sp³-hybridized carbons (Fsp3) is 0.125. The molecule has 0 bridgehead atoms. The highest BCUT2D eigenvalue weighted by Crippen LogP contribution is 2.19. The minimum absolute atomic E-state index is 0.674. The van der Waals surface area contributed by atoms with Gasteiger partial charge < -0.3 is 9.73 Å². The van der Waals surface area contributed by atoms with Crippen molar-refractivity contribution in [3.63, 3.8) is 0 Å². The molecule has 3 nitrogen and oxygen atoms in total. The number of nitrogens with one attached hydrogen (secondary N) is 1. The predicted molar refractivity (Wildman–Crippen MR) is 55.8 cm³/mol. The summed E-state index contributed by atoms with van der Waals surface area (Å²) in [6, 6.07) is 3.80. The molecule has 0 saturated carbocycles. The Labute approximate surface area is 87.9 Å². The summed E-state index contributed by atoms with van der Waals surface area (Å²) in [5.41, 5.74) is 0. The third-order valence-corrected chi connectivity index (χ3v) is 2.98. The average molecular weight is 259 g/mol. The van der Waals surface area contributed by atoms with Gasteiger partial charge in [0.05, 0.1) is 12.8 Å². The second kappa shape index (κ2) is 3.93. The summed E-state index contributed by atoms with van der Waals surface area (Å²) in [7, 11) is 0. The normalized spacial score (nSPS) is 10.2. The summed E-state index contributed by atoms with van der Waals surface area (Å²) in [5.74, 6) is 0.909. The second-order valence-corrected chi connectivity index (χ2v) is 4.08. The van der Waals surface area contributed by atoms with Crippen molar-refractivity contribution < 1.29 is 4.42 Å². The highest BCUT2D eigenvalue weighted by molar-refractivity contribution is 9.10. The highest BCUT2D eigenvalue weighted by atomic mass is 79.9. The maximum atomic E-state index is 5.16. The monoisotopic (exact) mass is 258 g/mol. The van der Waals surface area contributed by atoms with Crippen molar-refractivity contribution in [3.05, 3.63) is 34.1 Å². The van der Waals surface area contributed by atoms with E-state index in [9.17, 15) is 0 Å². The van der Waals surface area contributed by atoms with Crippen molar-refractivity contribution in [1.29, 1.82) is 0 Å². The van der Waals surface area contributed by atoms with Crippen LogP contribution in [0.4, 0.5) is 5.13 Å². The molecular formula is C8H7BrN2OS. The molecule has 5 heteroatoms. The first-order chi connectivity index (χ1) is 6.34. The number of rotatable bonds is 3. The summed E-state index contributed by atoms with van der Waals surface area (Å²) in [6.45, 7) is 0.674. The minimum atomic E-state index is 0.674. The van der Waals surface area contributed by atoms with Gasteiger partial charge in [-0.25, -0.2) is 4.98 Å². The average Bonchev–Trinajstić information content (AvgIpc) is 2.71. The molecule has 2 aromatic rings. The van der Waals surface area contributed by atoms with E-state index in [1.165, 1.54) is 0 Å². The predicted octanol–water partition coefficient (Wildman–Crippen LogP) is 3.11. The standard InChI is InChI=1S/C8H7BrN2OS/c9-7-5-13-8(11-7)10-4-6-2-1-3-12-6/h1-3,5H,4H2,(H,10,11). The maximum absolute atomic E-state index is 5.16. The molecule has 1 N–H and O–H groups in total. The van der Waals surface area contributed by atoms with Gasteiger partial charge in [-0.05, 0) is 28.1 Å². The van der Waals surface area contributed by atoms with Crippen molar-refractivity contribution in [2.75, 3.05) is 5.32 Å². The van der Waals surface area contributed by atoms with Crippen LogP contribution in [0.1, 0.15) is 5.76 Å². The van der Waals surface area contributed by atoms with Crippen LogP contribution in [0.3, 0.4) is 0 Å². The van der Waals surface area contributed by atoms with Crippen molar-refractivity contribution in [2.45, 2.75) is 6.54 Å². The third-order valence-electron chi connectivity index (χ3n) is 1.47. The molecule has 0 aliphatic rings. The number of anilines is 1. The first-order valence-corrected chi connectivity index (χ1v) is 5.39. The topological polar surface area (TPSA) is 38.1 Å². The zero-order valence-electron chi connectivity index (χ0n) is 6.66. The molecule has 0 fully saturated rings. The van der Waals surface area contributed by atoms with Crippen molar-refractivity contribution in [1.82, 2.24) is 4.98 Å². The van der Waals surface area contributed by atoms with Gasteiger partial charge >= 0.3 is 0 Å². The molecule has 0 aromatic carbocycles. The first-order valence-electron chi connectivity index (χ1n) is 3.72. The Morgan fingerprint density at radius 1 is 1.62 bits per heavy atom. The summed E-state index contributed by atoms with van der Waals surface area (Å²) >= 11 is 4.85. The Morgan fingerprint density at radius 3 is 3.15 bits per heavy atom. The van der Waals surface area contributed by atoms with Gasteiger partial charge in [0.25, 0.3) is 0 Å². The summed E-state index contributed by atoms with van der Waals surface area (Å²) in [4.78, 5) is 4.19. The summed E-state index contributed by atoms with van der Waals surface area (Å²) in [6.07, 6.45) is 1.66. The first kappa shape index (κ1) is 8.77. The molecule has 2 heterocycles. The second-order valence-electron chi connectivity index (χ2n) is 2.41. The van der Waals surface area contributed by atoms with Gasteiger partial charge in [-0.15, -0.1) is 11.3 Å². The van der Waals surface area contributed by atoms with Gasteiger partial charge in [0, 0.05) is 5.38 Å². The lowest BCUT2D eigenvalue weighted by Gasteiger charge is -1.97. The van der Waals surface area contributed by atoms with E-state index < -0.39 is 0 Å². The van der Waals surface area contributed by atoms with Crippen molar-refractivity contribution >= 4 is 32.4 Å². The lowest BCUT2D eigenvalue weighted by molar-refractivity contribution is 0.518. The van der Waals surface area contributed by atoms with Crippen LogP contribution in [0.15, 0.2) is 32.8 Å². The SMILES string of the molecule is Brc1csc(NCc2ccco2)n1. The number of hydrogen-bond donors (Lipinski definition) is 1. The molecule has 0 aliphatic carbocycles. The molecule has 0 saturated heterocycles. The van der Waals surface area contributed by atoms with Gasteiger partial charge in [0.15, 0.2) is 5.13 Å². The molecule has 0 atom stereocenters. The molecule has 0 spiro atoms. The molecule has 13 heavy (non-hydrogen) atoms. The van der Waals surface area contributed by atoms with E-state index in [0.717, 1.165) is 15.5 Å². The zero-order valence-corrected chi connectivity index (χ0v) is 9.06. The number of halogens is 1. The van der Waals surface area contributed by atoms with E-state index in [4.69, 9.17) is 4.42 Å². The summed E-state index contributed by atoms with van der Waals surface area (Å²) in [5, 5.41) is 5.98. The smallest absolute Gasteiger partial charge is 0.184 e. The highest BCUT2D eigenvalue weighted by Gasteiger charge is 1.99. The van der Waals surface area contributed by atoms with E-state index >= 15 is 0 Å². The van der Waals surface area contributed by atoms with Crippen molar-refractivity contribution in [3.8, 4) is 0 Å². The van der Waals surface area contributed by atoms with Crippen LogP contribution >= 0.6 is 27.3 Å². The van der Waals surface area contributed by atoms with E-state index in [1.54, 1.807) is 17.6 Å². The van der Waals surface area contributed by atoms with Crippen LogP contribution in [0.2, 0.25) is 0 Å². The Balaban J connectivity index is 1.93. The molecule has 0 amide bonds. The van der Waals surface area contributed by atoms with Gasteiger partial charge in [-0.2, -0.15) is 0 Å². The van der Waals surface area contributed by atoms with E-state index in [1.807, 2.05) is 17.5 Å². The largest absolute Gasteiger partial charge is 0.467 e. The minimum Gasteiger partial charge on any atom is -0.467 e. The van der Waals surface area contributed by atoms with Crippen molar-refractivity contribution in [2.24, 2.45) is 0 Å². The molecule has 0 aliphatic heterocycles. The molecule has 2 aromatic heterocycles. The number of furan rings is 1. The van der Waals surface area contributed by atoms with Crippen LogP contribution in [0.25, 0.3) is 0 Å². The molecule has 0 radical (unpaired) electrons. The van der Waals surface area contributed by atoms with E-state index in [-0.39, 0.29) is 0 Å².